The molecule has 1 saturated carbocycles. The van der Waals surface area contributed by atoms with Crippen LogP contribution in [-0.2, 0) is 16.2 Å². The topological polar surface area (TPSA) is 175 Å². The van der Waals surface area contributed by atoms with Gasteiger partial charge in [-0.1, -0.05) is 19.3 Å². The van der Waals surface area contributed by atoms with Crippen LogP contribution in [0.5, 0.6) is 5.75 Å². The number of anilines is 1. The van der Waals surface area contributed by atoms with Gasteiger partial charge >= 0.3 is 0 Å². The summed E-state index contributed by atoms with van der Waals surface area (Å²) < 4.78 is 13.2. The number of aliphatic hydroxyl groups excluding tert-OH is 5. The fourth-order valence-corrected chi connectivity index (χ4v) is 6.79. The van der Waals surface area contributed by atoms with Crippen LogP contribution in [-0.4, -0.2) is 87.1 Å². The molecular weight excluding hydrogens is 572 g/mol. The van der Waals surface area contributed by atoms with Gasteiger partial charge in [0.1, 0.15) is 54.2 Å². The first-order valence-corrected chi connectivity index (χ1v) is 15.2. The Morgan fingerprint density at radius 1 is 1.11 bits per heavy atom. The number of aliphatic hydroxyl groups is 5. The van der Waals surface area contributed by atoms with E-state index in [2.05, 4.69) is 4.99 Å². The minimum Gasteiger partial charge on any atom is -0.482 e. The maximum absolute atomic E-state index is 13.2. The Kier molecular flexibility index (Phi) is 8.68. The van der Waals surface area contributed by atoms with Crippen molar-refractivity contribution in [3.63, 3.8) is 0 Å². The van der Waals surface area contributed by atoms with E-state index in [0.717, 1.165) is 49.0 Å². The lowest BCUT2D eigenvalue weighted by molar-refractivity contribution is -0.364. The van der Waals surface area contributed by atoms with E-state index in [0.29, 0.717) is 41.1 Å². The van der Waals surface area contributed by atoms with Crippen molar-refractivity contribution in [2.45, 2.75) is 88.5 Å². The molecule has 238 valence electrons. The molecule has 12 heteroatoms. The lowest BCUT2D eigenvalue weighted by Crippen LogP contribution is -2.56. The summed E-state index contributed by atoms with van der Waals surface area (Å²) in [5, 5.41) is 49.7. The molecule has 1 aromatic heterocycles. The minimum atomic E-state index is -1.78. The first-order valence-electron chi connectivity index (χ1n) is 15.2. The summed E-state index contributed by atoms with van der Waals surface area (Å²) in [4.78, 5) is 31.1. The average molecular weight is 613 g/mol. The van der Waals surface area contributed by atoms with Crippen molar-refractivity contribution in [3.8, 4) is 5.75 Å². The molecule has 44 heavy (non-hydrogen) atoms. The van der Waals surface area contributed by atoms with Crippen LogP contribution in [0.4, 0.5) is 5.69 Å². The second-order valence-corrected chi connectivity index (χ2v) is 12.4. The largest absolute Gasteiger partial charge is 0.482 e. The summed E-state index contributed by atoms with van der Waals surface area (Å²) in [6.07, 6.45) is 3.65. The van der Waals surface area contributed by atoms with E-state index in [1.54, 1.807) is 19.2 Å². The van der Waals surface area contributed by atoms with Gasteiger partial charge in [0.05, 0.1) is 24.2 Å². The fourth-order valence-electron chi connectivity index (χ4n) is 6.79. The normalized spacial score (nSPS) is 26.1. The molecule has 1 fully saturated rings. The van der Waals surface area contributed by atoms with Gasteiger partial charge < -0.3 is 39.6 Å². The number of aryl methyl sites for hydroxylation is 1. The van der Waals surface area contributed by atoms with Gasteiger partial charge in [-0.3, -0.25) is 9.79 Å². The number of ether oxygens (including phenoxy) is 1. The smallest absolute Gasteiger partial charge is 0.193 e. The van der Waals surface area contributed by atoms with Crippen molar-refractivity contribution in [1.82, 2.24) is 0 Å². The predicted octanol–water partition coefficient (Wildman–Crippen LogP) is 1.80. The molecule has 3 aliphatic heterocycles. The van der Waals surface area contributed by atoms with Crippen molar-refractivity contribution < 1.29 is 44.5 Å². The van der Waals surface area contributed by atoms with Crippen molar-refractivity contribution in [2.24, 2.45) is 10.9 Å². The Balaban J connectivity index is 1.35. The molecule has 0 saturated heterocycles. The monoisotopic (exact) mass is 612 g/mol. The first kappa shape index (κ1) is 30.9. The number of fused-ring (bicyclic) bond motifs is 3. The number of hydrogen-bond donors (Lipinski definition) is 5. The highest BCUT2D eigenvalue weighted by molar-refractivity contribution is 6.12. The van der Waals surface area contributed by atoms with Gasteiger partial charge in [-0.25, -0.2) is 9.78 Å². The Morgan fingerprint density at radius 3 is 2.59 bits per heavy atom. The molecule has 1 aliphatic carbocycles. The summed E-state index contributed by atoms with van der Waals surface area (Å²) in [6.45, 7) is 2.95. The lowest BCUT2D eigenvalue weighted by Gasteiger charge is -2.48. The molecule has 0 spiro atoms. The van der Waals surface area contributed by atoms with Crippen LogP contribution in [0, 0.1) is 12.8 Å². The van der Waals surface area contributed by atoms with E-state index >= 15 is 0 Å². The Morgan fingerprint density at radius 2 is 1.86 bits per heavy atom. The molecule has 6 rings (SSSR count). The highest BCUT2D eigenvalue weighted by atomic mass is 17.2. The van der Waals surface area contributed by atoms with Gasteiger partial charge in [0.25, 0.3) is 0 Å². The number of nitrogens with zero attached hydrogens (tertiary/aromatic N) is 2. The van der Waals surface area contributed by atoms with Gasteiger partial charge in [-0.15, -0.1) is 0 Å². The van der Waals surface area contributed by atoms with Crippen LogP contribution in [0.15, 0.2) is 50.4 Å². The highest BCUT2D eigenvalue weighted by Gasteiger charge is 2.50. The van der Waals surface area contributed by atoms with E-state index in [1.807, 2.05) is 24.1 Å². The van der Waals surface area contributed by atoms with Crippen LogP contribution in [0.2, 0.25) is 0 Å². The Bertz CT molecular complexity index is 1540. The second kappa shape index (κ2) is 12.4. The fraction of sp³-hybridized carbons (Fsp3) is 0.562. The molecule has 12 nitrogen and oxygen atoms in total. The maximum Gasteiger partial charge on any atom is 0.193 e. The van der Waals surface area contributed by atoms with E-state index in [4.69, 9.17) is 24.0 Å². The maximum atomic E-state index is 13.2. The number of hydrogen-bond acceptors (Lipinski definition) is 12. The van der Waals surface area contributed by atoms with Crippen molar-refractivity contribution in [2.75, 3.05) is 24.7 Å². The van der Waals surface area contributed by atoms with Crippen molar-refractivity contribution >= 4 is 22.4 Å². The molecule has 0 bridgehead atoms. The number of rotatable bonds is 10. The predicted molar refractivity (Wildman–Crippen MR) is 160 cm³/mol. The summed E-state index contributed by atoms with van der Waals surface area (Å²) in [5.74, 6) is 1.22. The molecule has 6 unspecified atom stereocenters. The second-order valence-electron chi connectivity index (χ2n) is 12.4. The van der Waals surface area contributed by atoms with E-state index in [1.165, 1.54) is 6.07 Å². The summed E-state index contributed by atoms with van der Waals surface area (Å²) in [5.41, 5.74) is 2.71. The number of allylic oxidation sites excluding steroid dienone is 1. The van der Waals surface area contributed by atoms with Gasteiger partial charge in [0, 0.05) is 41.9 Å². The number of benzene rings is 1. The molecule has 2 aromatic rings. The number of aliphatic imine (C=N–C) groups is 1. The van der Waals surface area contributed by atoms with Crippen LogP contribution in [0.1, 0.15) is 50.4 Å². The zero-order chi connectivity index (χ0) is 31.2. The standard InChI is InChI=1S/C32H40N2O10/c1-17-10-23(36)21-11-19-12-26(44-41-16-25(38)29(40)28(39)24(37)15-35)32(2,20-6-4-3-5-7-20)43-30(19)27(31(21)42-17)34-13-18-8-9-33-22(18)14-34/h8-11,13,20,24-26,28-29,35,37-40H,3-7,12,14-16H2,1-2H3. The molecule has 6 atom stereocenters. The summed E-state index contributed by atoms with van der Waals surface area (Å²) >= 11 is 0. The van der Waals surface area contributed by atoms with Gasteiger partial charge in [-0.05, 0) is 38.8 Å². The van der Waals surface area contributed by atoms with E-state index < -0.39 is 49.3 Å². The Labute approximate surface area is 254 Å². The summed E-state index contributed by atoms with van der Waals surface area (Å²) in [7, 11) is 0. The minimum absolute atomic E-state index is 0.117. The molecular formula is C32H40N2O10. The molecule has 4 heterocycles. The molecule has 0 amide bonds. The third kappa shape index (κ3) is 5.60. The highest BCUT2D eigenvalue weighted by Crippen LogP contribution is 2.50. The first-order chi connectivity index (χ1) is 21.1. The zero-order valence-electron chi connectivity index (χ0n) is 24.9. The molecule has 4 aliphatic rings. The van der Waals surface area contributed by atoms with Crippen molar-refractivity contribution in [1.29, 1.82) is 0 Å². The van der Waals surface area contributed by atoms with Crippen LogP contribution in [0.25, 0.3) is 11.0 Å². The summed E-state index contributed by atoms with van der Waals surface area (Å²) in [6, 6.07) is 3.24. The van der Waals surface area contributed by atoms with Crippen LogP contribution < -0.4 is 15.1 Å². The van der Waals surface area contributed by atoms with Gasteiger partial charge in [0.15, 0.2) is 16.8 Å². The zero-order valence-corrected chi connectivity index (χ0v) is 24.9. The van der Waals surface area contributed by atoms with Gasteiger partial charge in [-0.2, -0.15) is 0 Å². The SMILES string of the molecule is Cc1cc(=O)c2cc3c(c(N4C=C5C=CN=C5C4)c2o1)OC(C)(C1CCCCC1)C(OOCC(O)C(O)C(O)C(O)CO)C3. The Hall–Kier alpha value is -3.10. The molecule has 0 radical (unpaired) electrons. The molecule has 5 N–H and O–H groups in total. The van der Waals surface area contributed by atoms with Gasteiger partial charge in [0.2, 0.25) is 0 Å². The van der Waals surface area contributed by atoms with Crippen LogP contribution in [0.3, 0.4) is 0 Å². The van der Waals surface area contributed by atoms with E-state index in [-0.39, 0.29) is 11.3 Å². The molecule has 1 aromatic carbocycles. The third-order valence-electron chi connectivity index (χ3n) is 9.40. The average Bonchev–Trinajstić information content (AvgIpc) is 3.62. The lowest BCUT2D eigenvalue weighted by atomic mass is 9.72. The third-order valence-corrected chi connectivity index (χ3v) is 9.40. The van der Waals surface area contributed by atoms with Crippen molar-refractivity contribution in [3.05, 3.63) is 57.7 Å². The van der Waals surface area contributed by atoms with Crippen LogP contribution >= 0.6 is 0 Å². The quantitative estimate of drug-likeness (QED) is 0.195. The van der Waals surface area contributed by atoms with E-state index in [9.17, 15) is 25.2 Å².